The summed E-state index contributed by atoms with van der Waals surface area (Å²) in [5, 5.41) is 12.4. The Hall–Kier alpha value is -1.55. The summed E-state index contributed by atoms with van der Waals surface area (Å²) in [7, 11) is 0. The molecule has 18 heavy (non-hydrogen) atoms. The van der Waals surface area contributed by atoms with Crippen molar-refractivity contribution in [2.75, 3.05) is 6.61 Å². The lowest BCUT2D eigenvalue weighted by Gasteiger charge is -2.19. The minimum atomic E-state index is -0.132. The van der Waals surface area contributed by atoms with Gasteiger partial charge in [-0.15, -0.1) is 0 Å². The number of amides is 1. The van der Waals surface area contributed by atoms with Crippen LogP contribution in [0.15, 0.2) is 24.3 Å². The number of benzene rings is 1. The maximum atomic E-state index is 12.1. The van der Waals surface area contributed by atoms with Crippen molar-refractivity contribution in [3.63, 3.8) is 0 Å². The van der Waals surface area contributed by atoms with Crippen LogP contribution in [-0.2, 0) is 4.74 Å². The minimum absolute atomic E-state index is 0.115. The number of aromatic hydroxyl groups is 1. The molecule has 1 aromatic rings. The third-order valence-electron chi connectivity index (χ3n) is 3.65. The molecule has 0 aromatic heterocycles. The van der Waals surface area contributed by atoms with Gasteiger partial charge in [0.2, 0.25) is 0 Å². The van der Waals surface area contributed by atoms with Crippen LogP contribution in [0, 0.1) is 5.92 Å². The van der Waals surface area contributed by atoms with Crippen molar-refractivity contribution in [1.29, 1.82) is 0 Å². The smallest absolute Gasteiger partial charge is 0.251 e. The van der Waals surface area contributed by atoms with Crippen LogP contribution in [0.2, 0.25) is 0 Å². The van der Waals surface area contributed by atoms with Gasteiger partial charge in [-0.2, -0.15) is 0 Å². The van der Waals surface area contributed by atoms with Gasteiger partial charge >= 0.3 is 0 Å². The van der Waals surface area contributed by atoms with Crippen LogP contribution < -0.4 is 5.32 Å². The monoisotopic (exact) mass is 247 g/mol. The largest absolute Gasteiger partial charge is 0.508 e. The number of phenolic OH excluding ortho intramolecular Hbond substituents is 1. The van der Waals surface area contributed by atoms with Gasteiger partial charge in [0.15, 0.2) is 0 Å². The van der Waals surface area contributed by atoms with Gasteiger partial charge in [0.1, 0.15) is 5.75 Å². The second-order valence-electron chi connectivity index (χ2n) is 5.09. The average Bonchev–Trinajstić information content (AvgIpc) is 3.10. The predicted octanol–water partition coefficient (Wildman–Crippen LogP) is 1.69. The normalized spacial score (nSPS) is 27.1. The molecule has 2 fully saturated rings. The van der Waals surface area contributed by atoms with Gasteiger partial charge in [-0.05, 0) is 43.4 Å². The van der Waals surface area contributed by atoms with Gasteiger partial charge < -0.3 is 15.2 Å². The number of hydrogen-bond acceptors (Lipinski definition) is 3. The molecule has 1 saturated carbocycles. The number of carbonyl (C=O) groups is 1. The van der Waals surface area contributed by atoms with Gasteiger partial charge in [0.25, 0.3) is 5.91 Å². The zero-order chi connectivity index (χ0) is 12.5. The molecule has 1 aliphatic carbocycles. The number of ether oxygens (including phenoxy) is 1. The van der Waals surface area contributed by atoms with Gasteiger partial charge in [-0.25, -0.2) is 0 Å². The van der Waals surface area contributed by atoms with Crippen LogP contribution in [0.5, 0.6) is 5.75 Å². The third kappa shape index (κ3) is 2.34. The van der Waals surface area contributed by atoms with Crippen LogP contribution in [0.25, 0.3) is 0 Å². The number of nitrogens with one attached hydrogen (secondary N) is 1. The molecule has 2 aliphatic rings. The average molecular weight is 247 g/mol. The van der Waals surface area contributed by atoms with E-state index in [4.69, 9.17) is 4.74 Å². The first-order chi connectivity index (χ1) is 8.74. The van der Waals surface area contributed by atoms with E-state index in [1.165, 1.54) is 18.9 Å². The SMILES string of the molecule is O=C(NC1CCOC1C1CC1)c1cccc(O)c1. The first-order valence-corrected chi connectivity index (χ1v) is 6.45. The predicted molar refractivity (Wildman–Crippen MR) is 66.4 cm³/mol. The van der Waals surface area contributed by atoms with Crippen LogP contribution in [0.1, 0.15) is 29.6 Å². The number of carbonyl (C=O) groups excluding carboxylic acids is 1. The fourth-order valence-electron chi connectivity index (χ4n) is 2.55. The summed E-state index contributed by atoms with van der Waals surface area (Å²) in [5.74, 6) is 0.609. The zero-order valence-electron chi connectivity index (χ0n) is 10.1. The molecule has 1 saturated heterocycles. The molecule has 2 atom stereocenters. The molecular weight excluding hydrogens is 230 g/mol. The van der Waals surface area contributed by atoms with Gasteiger partial charge in [-0.3, -0.25) is 4.79 Å². The first kappa shape index (κ1) is 11.5. The van der Waals surface area contributed by atoms with E-state index >= 15 is 0 Å². The molecule has 4 heteroatoms. The topological polar surface area (TPSA) is 58.6 Å². The van der Waals surface area contributed by atoms with Gasteiger partial charge in [0, 0.05) is 12.2 Å². The molecule has 96 valence electrons. The zero-order valence-corrected chi connectivity index (χ0v) is 10.1. The van der Waals surface area contributed by atoms with E-state index in [2.05, 4.69) is 5.32 Å². The molecule has 0 bridgehead atoms. The van der Waals surface area contributed by atoms with E-state index in [1.54, 1.807) is 18.2 Å². The second kappa shape index (κ2) is 4.61. The molecular formula is C14H17NO3. The molecule has 1 aromatic carbocycles. The number of phenols is 1. The van der Waals surface area contributed by atoms with Crippen molar-refractivity contribution in [2.45, 2.75) is 31.4 Å². The Bertz CT molecular complexity index is 456. The van der Waals surface area contributed by atoms with Crippen molar-refractivity contribution in [3.8, 4) is 5.75 Å². The van der Waals surface area contributed by atoms with Crippen molar-refractivity contribution in [2.24, 2.45) is 5.92 Å². The lowest BCUT2D eigenvalue weighted by Crippen LogP contribution is -2.41. The summed E-state index contributed by atoms with van der Waals surface area (Å²) in [5.41, 5.74) is 0.497. The highest BCUT2D eigenvalue weighted by Gasteiger charge is 2.41. The lowest BCUT2D eigenvalue weighted by atomic mass is 10.1. The van der Waals surface area contributed by atoms with Crippen LogP contribution in [0.4, 0.5) is 0 Å². The van der Waals surface area contributed by atoms with Gasteiger partial charge in [-0.1, -0.05) is 6.07 Å². The molecule has 0 radical (unpaired) electrons. The molecule has 1 heterocycles. The maximum Gasteiger partial charge on any atom is 0.251 e. The van der Waals surface area contributed by atoms with Crippen molar-refractivity contribution >= 4 is 5.91 Å². The minimum Gasteiger partial charge on any atom is -0.508 e. The number of rotatable bonds is 3. The Kier molecular flexibility index (Phi) is 2.96. The van der Waals surface area contributed by atoms with E-state index in [0.29, 0.717) is 11.5 Å². The molecule has 1 amide bonds. The van der Waals surface area contributed by atoms with Crippen molar-refractivity contribution in [3.05, 3.63) is 29.8 Å². The standard InChI is InChI=1S/C14H17NO3/c16-11-3-1-2-10(8-11)14(17)15-12-6-7-18-13(12)9-4-5-9/h1-3,8-9,12-13,16H,4-7H2,(H,15,17). The van der Waals surface area contributed by atoms with Crippen molar-refractivity contribution in [1.82, 2.24) is 5.32 Å². The molecule has 2 N–H and O–H groups in total. The highest BCUT2D eigenvalue weighted by molar-refractivity contribution is 5.94. The van der Waals surface area contributed by atoms with Crippen LogP contribution >= 0.6 is 0 Å². The van der Waals surface area contributed by atoms with Crippen LogP contribution in [-0.4, -0.2) is 29.8 Å². The third-order valence-corrected chi connectivity index (χ3v) is 3.65. The fraction of sp³-hybridized carbons (Fsp3) is 0.500. The highest BCUT2D eigenvalue weighted by Crippen LogP contribution is 2.38. The molecule has 3 rings (SSSR count). The Morgan fingerprint density at radius 3 is 2.89 bits per heavy atom. The second-order valence-corrected chi connectivity index (χ2v) is 5.09. The summed E-state index contributed by atoms with van der Waals surface area (Å²) in [4.78, 5) is 12.1. The maximum absolute atomic E-state index is 12.1. The van der Waals surface area contributed by atoms with Crippen LogP contribution in [0.3, 0.4) is 0 Å². The van der Waals surface area contributed by atoms with E-state index in [0.717, 1.165) is 13.0 Å². The van der Waals surface area contributed by atoms with E-state index < -0.39 is 0 Å². The quantitative estimate of drug-likeness (QED) is 0.854. The lowest BCUT2D eigenvalue weighted by molar-refractivity contribution is 0.0729. The molecule has 4 nitrogen and oxygen atoms in total. The van der Waals surface area contributed by atoms with E-state index in [-0.39, 0.29) is 23.8 Å². The van der Waals surface area contributed by atoms with Crippen molar-refractivity contribution < 1.29 is 14.6 Å². The van der Waals surface area contributed by atoms with E-state index in [1.807, 2.05) is 0 Å². The molecule has 2 unspecified atom stereocenters. The Balaban J connectivity index is 1.66. The van der Waals surface area contributed by atoms with Gasteiger partial charge in [0.05, 0.1) is 12.1 Å². The Morgan fingerprint density at radius 2 is 2.17 bits per heavy atom. The highest BCUT2D eigenvalue weighted by atomic mass is 16.5. The van der Waals surface area contributed by atoms with E-state index in [9.17, 15) is 9.90 Å². The summed E-state index contributed by atoms with van der Waals surface area (Å²) in [6, 6.07) is 6.54. The first-order valence-electron chi connectivity index (χ1n) is 6.45. The summed E-state index contributed by atoms with van der Waals surface area (Å²) in [6.07, 6.45) is 3.49. The Labute approximate surface area is 106 Å². The summed E-state index contributed by atoms with van der Waals surface area (Å²) < 4.78 is 5.69. The summed E-state index contributed by atoms with van der Waals surface area (Å²) >= 11 is 0. The fourth-order valence-corrected chi connectivity index (χ4v) is 2.55. The Morgan fingerprint density at radius 1 is 1.33 bits per heavy atom. The molecule has 1 aliphatic heterocycles. The molecule has 0 spiro atoms. The number of hydrogen-bond donors (Lipinski definition) is 2. The summed E-state index contributed by atoms with van der Waals surface area (Å²) in [6.45, 7) is 0.728.